The minimum Gasteiger partial charge on any atom is -0.432 e. The second kappa shape index (κ2) is 19.7. The zero-order valence-corrected chi connectivity index (χ0v) is 22.6. The van der Waals surface area contributed by atoms with Gasteiger partial charge in [-0.3, -0.25) is 24.0 Å². The van der Waals surface area contributed by atoms with Crippen LogP contribution in [0.5, 0.6) is 0 Å². The molecule has 0 saturated heterocycles. The predicted octanol–water partition coefficient (Wildman–Crippen LogP) is 2.81. The summed E-state index contributed by atoms with van der Waals surface area (Å²) in [6, 6.07) is -0.0878. The Kier molecular flexibility index (Phi) is 18.3. The zero-order chi connectivity index (χ0) is 27.5. The summed E-state index contributed by atoms with van der Waals surface area (Å²) in [5.41, 5.74) is 0. The molecule has 0 aromatic carbocycles. The van der Waals surface area contributed by atoms with E-state index in [2.05, 4.69) is 0 Å². The van der Waals surface area contributed by atoms with E-state index < -0.39 is 46.5 Å². The van der Waals surface area contributed by atoms with E-state index >= 15 is 0 Å². The Morgan fingerprint density at radius 3 is 1.89 bits per heavy atom. The SMILES string of the molecule is COC(COP(OCOC(=O)OC(C)C)OCOC(=O)OC(C)C)CC(C)N(C)/C=C\C(=O)NC=O. The average molecular weight is 541 g/mol. The molecule has 36 heavy (non-hydrogen) atoms. The third-order valence-corrected chi connectivity index (χ3v) is 4.99. The Morgan fingerprint density at radius 2 is 1.44 bits per heavy atom. The van der Waals surface area contributed by atoms with Gasteiger partial charge in [-0.15, -0.1) is 0 Å². The van der Waals surface area contributed by atoms with Crippen LogP contribution in [0.4, 0.5) is 9.59 Å². The Balaban J connectivity index is 4.83. The summed E-state index contributed by atoms with van der Waals surface area (Å²) in [4.78, 5) is 46.5. The van der Waals surface area contributed by atoms with Crippen molar-refractivity contribution < 1.29 is 56.4 Å². The van der Waals surface area contributed by atoms with Crippen LogP contribution in [0.25, 0.3) is 0 Å². The normalized spacial score (nSPS) is 12.9. The number of nitrogens with one attached hydrogen (secondary N) is 1. The summed E-state index contributed by atoms with van der Waals surface area (Å²) in [5.74, 6) is -0.547. The molecule has 0 aliphatic carbocycles. The smallest absolute Gasteiger partial charge is 0.432 e. The number of hydrogen-bond acceptors (Lipinski definition) is 13. The lowest BCUT2D eigenvalue weighted by Gasteiger charge is -2.27. The number of carbonyl (C=O) groups is 4. The molecule has 0 aromatic rings. The molecule has 1 N–H and O–H groups in total. The lowest BCUT2D eigenvalue weighted by atomic mass is 10.1. The molecule has 0 saturated carbocycles. The van der Waals surface area contributed by atoms with Gasteiger partial charge in [-0.1, -0.05) is 0 Å². The zero-order valence-electron chi connectivity index (χ0n) is 21.7. The van der Waals surface area contributed by atoms with Crippen LogP contribution in [0.1, 0.15) is 41.0 Å². The molecule has 2 amide bonds. The Labute approximate surface area is 212 Å². The predicted molar refractivity (Wildman–Crippen MR) is 126 cm³/mol. The average Bonchev–Trinajstić information content (AvgIpc) is 2.78. The number of carbonyl (C=O) groups excluding carboxylic acids is 4. The largest absolute Gasteiger partial charge is 0.510 e. The van der Waals surface area contributed by atoms with Crippen LogP contribution in [-0.4, -0.2) is 88.2 Å². The molecular weight excluding hydrogens is 503 g/mol. The van der Waals surface area contributed by atoms with Crippen LogP contribution in [0, 0.1) is 0 Å². The summed E-state index contributed by atoms with van der Waals surface area (Å²) in [7, 11) is 1.13. The summed E-state index contributed by atoms with van der Waals surface area (Å²) < 4.78 is 41.0. The quantitative estimate of drug-likeness (QED) is 0.0890. The number of ether oxygens (including phenoxy) is 5. The number of methoxy groups -OCH3 is 1. The van der Waals surface area contributed by atoms with E-state index in [-0.39, 0.29) is 24.9 Å². The lowest BCUT2D eigenvalue weighted by molar-refractivity contribution is -0.121. The fourth-order valence-electron chi connectivity index (χ4n) is 2.16. The Morgan fingerprint density at radius 1 is 0.917 bits per heavy atom. The van der Waals surface area contributed by atoms with Crippen LogP contribution >= 0.6 is 8.60 Å². The van der Waals surface area contributed by atoms with Crippen LogP contribution in [-0.2, 0) is 46.8 Å². The van der Waals surface area contributed by atoms with Gasteiger partial charge in [0.1, 0.15) is 0 Å². The molecule has 0 spiro atoms. The first-order valence-electron chi connectivity index (χ1n) is 11.0. The Hall–Kier alpha value is -2.51. The molecule has 0 bridgehead atoms. The van der Waals surface area contributed by atoms with E-state index in [9.17, 15) is 19.2 Å². The fraction of sp³-hybridized carbons (Fsp3) is 0.714. The molecule has 0 aromatic heterocycles. The molecule has 0 aliphatic rings. The number of rotatable bonds is 18. The monoisotopic (exact) mass is 540 g/mol. The van der Waals surface area contributed by atoms with Crippen molar-refractivity contribution in [2.24, 2.45) is 0 Å². The molecule has 2 unspecified atom stereocenters. The highest BCUT2D eigenvalue weighted by Gasteiger charge is 2.21. The molecule has 2 atom stereocenters. The van der Waals surface area contributed by atoms with Crippen LogP contribution < -0.4 is 5.32 Å². The van der Waals surface area contributed by atoms with Gasteiger partial charge in [0.2, 0.25) is 20.0 Å². The first-order valence-corrected chi connectivity index (χ1v) is 12.1. The number of imide groups is 1. The molecule has 0 rings (SSSR count). The van der Waals surface area contributed by atoms with E-state index in [1.54, 1.807) is 39.6 Å². The third-order valence-electron chi connectivity index (χ3n) is 3.99. The van der Waals surface area contributed by atoms with E-state index in [0.29, 0.717) is 12.8 Å². The molecule has 14 nitrogen and oxygen atoms in total. The summed E-state index contributed by atoms with van der Waals surface area (Å²) in [5, 5.41) is 2.01. The molecule has 0 heterocycles. The minimum absolute atomic E-state index is 0.0165. The lowest BCUT2D eigenvalue weighted by Crippen LogP contribution is -2.31. The summed E-state index contributed by atoms with van der Waals surface area (Å²) >= 11 is 0. The number of nitrogens with zero attached hydrogens (tertiary/aromatic N) is 1. The fourth-order valence-corrected chi connectivity index (χ4v) is 2.95. The summed E-state index contributed by atoms with van der Waals surface area (Å²) in [6.07, 6.45) is 0.493. The van der Waals surface area contributed by atoms with Crippen molar-refractivity contribution in [1.82, 2.24) is 10.2 Å². The van der Waals surface area contributed by atoms with E-state index in [1.807, 2.05) is 12.2 Å². The molecule has 0 aliphatic heterocycles. The highest BCUT2D eigenvalue weighted by atomic mass is 31.2. The number of amides is 2. The molecule has 208 valence electrons. The van der Waals surface area contributed by atoms with Crippen molar-refractivity contribution in [3.05, 3.63) is 12.3 Å². The topological polar surface area (TPSA) is 157 Å². The van der Waals surface area contributed by atoms with Crippen LogP contribution in [0.15, 0.2) is 12.3 Å². The second-order valence-electron chi connectivity index (χ2n) is 7.69. The highest BCUT2D eigenvalue weighted by molar-refractivity contribution is 7.41. The van der Waals surface area contributed by atoms with Gasteiger partial charge in [-0.2, -0.15) is 0 Å². The molecule has 0 radical (unpaired) electrons. The number of hydrogen-bond donors (Lipinski definition) is 1. The van der Waals surface area contributed by atoms with Gasteiger partial charge < -0.3 is 33.1 Å². The first kappa shape index (κ1) is 33.5. The van der Waals surface area contributed by atoms with Gasteiger partial charge in [-0.05, 0) is 41.0 Å². The van der Waals surface area contributed by atoms with Gasteiger partial charge in [0.15, 0.2) is 0 Å². The van der Waals surface area contributed by atoms with Crippen molar-refractivity contribution in [2.45, 2.75) is 65.4 Å². The van der Waals surface area contributed by atoms with Crippen molar-refractivity contribution in [1.29, 1.82) is 0 Å². The van der Waals surface area contributed by atoms with E-state index in [1.165, 1.54) is 19.4 Å². The van der Waals surface area contributed by atoms with Crippen LogP contribution in [0.2, 0.25) is 0 Å². The van der Waals surface area contributed by atoms with Crippen molar-refractivity contribution in [3.8, 4) is 0 Å². The maximum absolute atomic E-state index is 11.5. The molecule has 0 fully saturated rings. The van der Waals surface area contributed by atoms with Gasteiger partial charge in [0.25, 0.3) is 5.91 Å². The van der Waals surface area contributed by atoms with Crippen molar-refractivity contribution in [3.63, 3.8) is 0 Å². The van der Waals surface area contributed by atoms with Gasteiger partial charge in [0.05, 0.1) is 24.9 Å². The van der Waals surface area contributed by atoms with E-state index in [4.69, 9.17) is 37.3 Å². The third kappa shape index (κ3) is 17.9. The van der Waals surface area contributed by atoms with Gasteiger partial charge >= 0.3 is 20.9 Å². The Bertz CT molecular complexity index is 664. The first-order chi connectivity index (χ1) is 17.0. The van der Waals surface area contributed by atoms with E-state index in [0.717, 1.165) is 0 Å². The standard InChI is InChI=1S/C21H37N2O12P/c1-15(2)34-20(26)29-13-32-36(33-14-30-21(27)35-16(3)4)31-11-18(28-7)10-17(5)23(6)9-8-19(25)22-12-24/h8-9,12,15-18H,10-11,13-14H2,1-7H3,(H,22,24,25)/b9-8-. The van der Waals surface area contributed by atoms with Crippen molar-refractivity contribution >= 4 is 33.2 Å². The van der Waals surface area contributed by atoms with Gasteiger partial charge in [0, 0.05) is 32.5 Å². The summed E-state index contributed by atoms with van der Waals surface area (Å²) in [6.45, 7) is 7.49. The molecular formula is C21H37N2O12P. The van der Waals surface area contributed by atoms with Gasteiger partial charge in [-0.25, -0.2) is 9.59 Å². The maximum atomic E-state index is 11.5. The highest BCUT2D eigenvalue weighted by Crippen LogP contribution is 2.40. The maximum Gasteiger partial charge on any atom is 0.510 e. The minimum atomic E-state index is -2.12. The second-order valence-corrected chi connectivity index (χ2v) is 8.91. The van der Waals surface area contributed by atoms with Crippen molar-refractivity contribution in [2.75, 3.05) is 34.4 Å². The van der Waals surface area contributed by atoms with Crippen LogP contribution in [0.3, 0.4) is 0 Å². The molecule has 15 heteroatoms.